The van der Waals surface area contributed by atoms with Crippen LogP contribution in [0.1, 0.15) is 26.3 Å². The van der Waals surface area contributed by atoms with E-state index in [1.165, 1.54) is 4.90 Å². The number of imide groups is 1. The maximum Gasteiger partial charge on any atom is 0.261 e. The number of halogens is 1. The molecule has 0 bridgehead atoms. The average molecular weight is 286 g/mol. The fourth-order valence-electron chi connectivity index (χ4n) is 2.38. The zero-order valence-electron chi connectivity index (χ0n) is 10.7. The predicted octanol–water partition coefficient (Wildman–Crippen LogP) is 3.18. The molecule has 0 saturated heterocycles. The van der Waals surface area contributed by atoms with Crippen LogP contribution in [0.2, 0.25) is 5.02 Å². The van der Waals surface area contributed by atoms with Crippen molar-refractivity contribution in [3.8, 4) is 0 Å². The van der Waals surface area contributed by atoms with Crippen LogP contribution in [0.3, 0.4) is 0 Å². The fourth-order valence-corrected chi connectivity index (χ4v) is 2.61. The summed E-state index contributed by atoms with van der Waals surface area (Å²) in [4.78, 5) is 25.7. The summed E-state index contributed by atoms with van der Waals surface area (Å²) in [6, 6.07) is 14.4. The van der Waals surface area contributed by atoms with Crippen LogP contribution in [0, 0.1) is 0 Å². The quantitative estimate of drug-likeness (QED) is 0.812. The summed E-state index contributed by atoms with van der Waals surface area (Å²) >= 11 is 6.08. The highest BCUT2D eigenvalue weighted by Gasteiger charge is 2.34. The van der Waals surface area contributed by atoms with Gasteiger partial charge >= 0.3 is 0 Å². The van der Waals surface area contributed by atoms with Crippen molar-refractivity contribution in [1.82, 2.24) is 4.90 Å². The third kappa shape index (κ3) is 2.10. The minimum Gasteiger partial charge on any atom is -0.274 e. The summed E-state index contributed by atoms with van der Waals surface area (Å²) in [6.07, 6.45) is 0.561. The van der Waals surface area contributed by atoms with Gasteiger partial charge in [-0.1, -0.05) is 41.9 Å². The van der Waals surface area contributed by atoms with Crippen LogP contribution in [0.5, 0.6) is 0 Å². The molecule has 3 nitrogen and oxygen atoms in total. The standard InChI is InChI=1S/C16H12ClNO2/c17-14-8-4-1-5-11(14)9-10-18-15(19)12-6-2-3-7-13(12)16(18)20/h1-8H,9-10H2. The maximum atomic E-state index is 12.2. The lowest BCUT2D eigenvalue weighted by Crippen LogP contribution is -2.31. The molecule has 0 N–H and O–H groups in total. The molecule has 0 aliphatic carbocycles. The molecule has 2 aromatic rings. The Balaban J connectivity index is 1.79. The number of hydrogen-bond donors (Lipinski definition) is 0. The van der Waals surface area contributed by atoms with E-state index in [0.29, 0.717) is 29.1 Å². The van der Waals surface area contributed by atoms with Gasteiger partial charge in [0.25, 0.3) is 11.8 Å². The Hall–Kier alpha value is -2.13. The van der Waals surface area contributed by atoms with Crippen LogP contribution in [-0.4, -0.2) is 23.3 Å². The molecule has 0 radical (unpaired) electrons. The van der Waals surface area contributed by atoms with Crippen molar-refractivity contribution < 1.29 is 9.59 Å². The van der Waals surface area contributed by atoms with Crippen molar-refractivity contribution in [2.75, 3.05) is 6.54 Å². The number of amides is 2. The molecule has 1 aliphatic rings. The highest BCUT2D eigenvalue weighted by Crippen LogP contribution is 2.23. The van der Waals surface area contributed by atoms with Gasteiger partial charge in [-0.2, -0.15) is 0 Å². The first-order valence-corrected chi connectivity index (χ1v) is 6.75. The molecule has 20 heavy (non-hydrogen) atoms. The van der Waals surface area contributed by atoms with Gasteiger partial charge in [0.05, 0.1) is 11.1 Å². The maximum absolute atomic E-state index is 12.2. The average Bonchev–Trinajstić information content (AvgIpc) is 2.71. The second-order valence-corrected chi connectivity index (χ2v) is 5.06. The lowest BCUT2D eigenvalue weighted by molar-refractivity contribution is 0.0656. The minimum absolute atomic E-state index is 0.224. The fraction of sp³-hybridized carbons (Fsp3) is 0.125. The summed E-state index contributed by atoms with van der Waals surface area (Å²) in [6.45, 7) is 0.343. The second-order valence-electron chi connectivity index (χ2n) is 4.65. The van der Waals surface area contributed by atoms with Crippen LogP contribution in [0.4, 0.5) is 0 Å². The summed E-state index contributed by atoms with van der Waals surface area (Å²) < 4.78 is 0. The van der Waals surface area contributed by atoms with Crippen LogP contribution in [0.25, 0.3) is 0 Å². The summed E-state index contributed by atoms with van der Waals surface area (Å²) in [5, 5.41) is 0.657. The Morgan fingerprint density at radius 2 is 1.40 bits per heavy atom. The monoisotopic (exact) mass is 285 g/mol. The van der Waals surface area contributed by atoms with Gasteiger partial charge in [0.15, 0.2) is 0 Å². The molecule has 1 aliphatic heterocycles. The smallest absolute Gasteiger partial charge is 0.261 e. The Morgan fingerprint density at radius 3 is 2.00 bits per heavy atom. The van der Waals surface area contributed by atoms with Gasteiger partial charge in [-0.25, -0.2) is 0 Å². The molecule has 2 amide bonds. The van der Waals surface area contributed by atoms with E-state index in [4.69, 9.17) is 11.6 Å². The van der Waals surface area contributed by atoms with E-state index in [2.05, 4.69) is 0 Å². The zero-order valence-corrected chi connectivity index (χ0v) is 11.4. The van der Waals surface area contributed by atoms with Crippen molar-refractivity contribution in [3.05, 3.63) is 70.2 Å². The summed E-state index contributed by atoms with van der Waals surface area (Å²) in [5.74, 6) is -0.449. The van der Waals surface area contributed by atoms with Gasteiger partial charge in [0.1, 0.15) is 0 Å². The molecule has 3 rings (SSSR count). The number of carbonyl (C=O) groups is 2. The zero-order chi connectivity index (χ0) is 14.1. The Kier molecular flexibility index (Phi) is 3.28. The van der Waals surface area contributed by atoms with Crippen molar-refractivity contribution in [1.29, 1.82) is 0 Å². The molecular weight excluding hydrogens is 274 g/mol. The third-order valence-electron chi connectivity index (χ3n) is 3.44. The van der Waals surface area contributed by atoms with E-state index in [1.807, 2.05) is 18.2 Å². The van der Waals surface area contributed by atoms with Gasteiger partial charge in [-0.3, -0.25) is 14.5 Å². The van der Waals surface area contributed by atoms with Gasteiger partial charge in [0, 0.05) is 11.6 Å². The Labute approximate surface area is 121 Å². The number of nitrogens with zero attached hydrogens (tertiary/aromatic N) is 1. The molecule has 0 spiro atoms. The molecule has 0 saturated carbocycles. The first kappa shape index (κ1) is 12.9. The summed E-state index contributed by atoms with van der Waals surface area (Å²) in [5.41, 5.74) is 1.90. The molecular formula is C16H12ClNO2. The van der Waals surface area contributed by atoms with E-state index in [1.54, 1.807) is 30.3 Å². The van der Waals surface area contributed by atoms with E-state index >= 15 is 0 Å². The number of hydrogen-bond acceptors (Lipinski definition) is 2. The van der Waals surface area contributed by atoms with Gasteiger partial charge in [-0.15, -0.1) is 0 Å². The first-order chi connectivity index (χ1) is 9.68. The number of carbonyl (C=O) groups excluding carboxylic acids is 2. The van der Waals surface area contributed by atoms with Gasteiger partial charge < -0.3 is 0 Å². The van der Waals surface area contributed by atoms with Crippen molar-refractivity contribution in [3.63, 3.8) is 0 Å². The second kappa shape index (κ2) is 5.10. The Bertz CT molecular complexity index is 661. The van der Waals surface area contributed by atoms with Crippen LogP contribution in [0.15, 0.2) is 48.5 Å². The first-order valence-electron chi connectivity index (χ1n) is 6.37. The molecule has 2 aromatic carbocycles. The van der Waals surface area contributed by atoms with Crippen LogP contribution >= 0.6 is 11.6 Å². The minimum atomic E-state index is -0.224. The van der Waals surface area contributed by atoms with Gasteiger partial charge in [0.2, 0.25) is 0 Å². The molecule has 0 aromatic heterocycles. The lowest BCUT2D eigenvalue weighted by atomic mass is 10.1. The van der Waals surface area contributed by atoms with Crippen molar-refractivity contribution >= 4 is 23.4 Å². The molecule has 0 unspecified atom stereocenters. The number of benzene rings is 2. The van der Waals surface area contributed by atoms with E-state index < -0.39 is 0 Å². The van der Waals surface area contributed by atoms with Crippen LogP contribution in [-0.2, 0) is 6.42 Å². The number of rotatable bonds is 3. The molecule has 0 fully saturated rings. The van der Waals surface area contributed by atoms with Crippen molar-refractivity contribution in [2.45, 2.75) is 6.42 Å². The summed E-state index contributed by atoms with van der Waals surface area (Å²) in [7, 11) is 0. The SMILES string of the molecule is O=C1c2ccccc2C(=O)N1CCc1ccccc1Cl. The predicted molar refractivity (Wildman–Crippen MR) is 77.0 cm³/mol. The number of fused-ring (bicyclic) bond motifs is 1. The largest absolute Gasteiger partial charge is 0.274 e. The molecule has 4 heteroatoms. The van der Waals surface area contributed by atoms with E-state index in [0.717, 1.165) is 5.56 Å². The third-order valence-corrected chi connectivity index (χ3v) is 3.81. The highest BCUT2D eigenvalue weighted by atomic mass is 35.5. The Morgan fingerprint density at radius 1 is 0.850 bits per heavy atom. The van der Waals surface area contributed by atoms with Gasteiger partial charge in [-0.05, 0) is 30.2 Å². The molecule has 1 heterocycles. The highest BCUT2D eigenvalue weighted by molar-refractivity contribution is 6.31. The van der Waals surface area contributed by atoms with Crippen LogP contribution < -0.4 is 0 Å². The molecule has 100 valence electrons. The topological polar surface area (TPSA) is 37.4 Å². The van der Waals surface area contributed by atoms with E-state index in [-0.39, 0.29) is 11.8 Å². The molecule has 0 atom stereocenters. The lowest BCUT2D eigenvalue weighted by Gasteiger charge is -2.14. The van der Waals surface area contributed by atoms with E-state index in [9.17, 15) is 9.59 Å². The normalized spacial score (nSPS) is 13.8. The van der Waals surface area contributed by atoms with Crippen molar-refractivity contribution in [2.24, 2.45) is 0 Å².